The first-order valence-electron chi connectivity index (χ1n) is 9.34. The summed E-state index contributed by atoms with van der Waals surface area (Å²) in [4.78, 5) is 15.5. The average Bonchev–Trinajstić information content (AvgIpc) is 3.44. The smallest absolute Gasteiger partial charge is 0.251 e. The van der Waals surface area contributed by atoms with Crippen LogP contribution in [0.2, 0.25) is 10.0 Å². The molecular formula is C22H17Cl2N3O2. The number of hydrogen-bond acceptors (Lipinski definition) is 3. The van der Waals surface area contributed by atoms with E-state index in [1.54, 1.807) is 28.8 Å². The normalized spacial score (nSPS) is 13.9. The number of H-pyrrole nitrogens is 1. The van der Waals surface area contributed by atoms with Gasteiger partial charge in [0.2, 0.25) is 0 Å². The molecule has 2 aromatic carbocycles. The molecule has 29 heavy (non-hydrogen) atoms. The molecule has 1 aliphatic carbocycles. The Morgan fingerprint density at radius 2 is 1.90 bits per heavy atom. The van der Waals surface area contributed by atoms with Crippen LogP contribution in [0.15, 0.2) is 47.3 Å². The van der Waals surface area contributed by atoms with Gasteiger partial charge >= 0.3 is 0 Å². The van der Waals surface area contributed by atoms with Crippen LogP contribution in [0, 0.1) is 6.92 Å². The van der Waals surface area contributed by atoms with Gasteiger partial charge in [-0.25, -0.2) is 4.52 Å². The summed E-state index contributed by atoms with van der Waals surface area (Å²) in [5.41, 5.74) is 4.94. The third kappa shape index (κ3) is 3.11. The fourth-order valence-electron chi connectivity index (χ4n) is 3.69. The summed E-state index contributed by atoms with van der Waals surface area (Å²) >= 11 is 12.4. The standard InChI is InChI=1S/C22H17Cl2N3O2/c1-11-2-6-14(18(28)8-11)17-10-19(29)25-22-20(13-5-7-15(23)16(24)9-13)21(12-3-4-12)26-27(17)22/h2,5-10,12,28H,3-4H2,1H3,(H,25,29). The summed E-state index contributed by atoms with van der Waals surface area (Å²) in [5, 5.41) is 16.3. The van der Waals surface area contributed by atoms with Gasteiger partial charge in [0.15, 0.2) is 0 Å². The molecule has 0 atom stereocenters. The molecule has 0 aliphatic heterocycles. The molecule has 5 nitrogen and oxygen atoms in total. The van der Waals surface area contributed by atoms with E-state index in [-0.39, 0.29) is 11.3 Å². The van der Waals surface area contributed by atoms with Crippen molar-refractivity contribution in [3.63, 3.8) is 0 Å². The number of halogens is 2. The lowest BCUT2D eigenvalue weighted by Crippen LogP contribution is -2.10. The quantitative estimate of drug-likeness (QED) is 0.451. The van der Waals surface area contributed by atoms with Gasteiger partial charge in [0, 0.05) is 23.1 Å². The van der Waals surface area contributed by atoms with Gasteiger partial charge in [-0.05, 0) is 55.2 Å². The molecule has 0 saturated heterocycles. The number of aromatic nitrogens is 3. The Labute approximate surface area is 176 Å². The summed E-state index contributed by atoms with van der Waals surface area (Å²) in [6, 6.07) is 12.2. The molecule has 1 aliphatic rings. The highest BCUT2D eigenvalue weighted by molar-refractivity contribution is 6.42. The van der Waals surface area contributed by atoms with Gasteiger partial charge in [0.05, 0.1) is 21.4 Å². The number of aromatic hydroxyl groups is 1. The predicted octanol–water partition coefficient (Wildman–Crippen LogP) is 5.55. The van der Waals surface area contributed by atoms with E-state index in [2.05, 4.69) is 4.98 Å². The number of fused-ring (bicyclic) bond motifs is 1. The van der Waals surface area contributed by atoms with Crippen molar-refractivity contribution in [1.29, 1.82) is 0 Å². The van der Waals surface area contributed by atoms with Crippen LogP contribution in [0.4, 0.5) is 0 Å². The minimum absolute atomic E-state index is 0.108. The van der Waals surface area contributed by atoms with Crippen LogP contribution in [0.3, 0.4) is 0 Å². The van der Waals surface area contributed by atoms with Crippen molar-refractivity contribution in [3.8, 4) is 28.1 Å². The lowest BCUT2D eigenvalue weighted by molar-refractivity contribution is 0.476. The molecule has 1 saturated carbocycles. The monoisotopic (exact) mass is 425 g/mol. The molecule has 0 amide bonds. The molecule has 4 aromatic rings. The topological polar surface area (TPSA) is 70.4 Å². The zero-order chi connectivity index (χ0) is 20.3. The van der Waals surface area contributed by atoms with Crippen molar-refractivity contribution >= 4 is 28.8 Å². The third-order valence-electron chi connectivity index (χ3n) is 5.25. The minimum atomic E-state index is -0.268. The van der Waals surface area contributed by atoms with Gasteiger partial charge in [0.25, 0.3) is 5.56 Å². The van der Waals surface area contributed by atoms with E-state index in [0.717, 1.165) is 35.2 Å². The Balaban J connectivity index is 1.84. The van der Waals surface area contributed by atoms with Crippen molar-refractivity contribution in [3.05, 3.63) is 74.1 Å². The van der Waals surface area contributed by atoms with Crippen molar-refractivity contribution < 1.29 is 5.11 Å². The van der Waals surface area contributed by atoms with Crippen LogP contribution in [-0.2, 0) is 0 Å². The number of phenolic OH excluding ortho intramolecular Hbond substituents is 1. The van der Waals surface area contributed by atoms with Crippen LogP contribution in [0.5, 0.6) is 5.75 Å². The molecule has 2 heterocycles. The molecule has 0 radical (unpaired) electrons. The van der Waals surface area contributed by atoms with E-state index in [1.807, 2.05) is 19.1 Å². The second-order valence-corrected chi connectivity index (χ2v) is 8.28. The van der Waals surface area contributed by atoms with Gasteiger partial charge in [-0.15, -0.1) is 0 Å². The molecule has 1 fully saturated rings. The Morgan fingerprint density at radius 1 is 1.10 bits per heavy atom. The summed E-state index contributed by atoms with van der Waals surface area (Å²) in [7, 11) is 0. The molecule has 146 valence electrons. The molecule has 5 rings (SSSR count). The maximum Gasteiger partial charge on any atom is 0.251 e. The Morgan fingerprint density at radius 3 is 2.59 bits per heavy atom. The molecule has 7 heteroatoms. The predicted molar refractivity (Wildman–Crippen MR) is 115 cm³/mol. The Kier molecular flexibility index (Phi) is 4.19. The van der Waals surface area contributed by atoms with Crippen molar-refractivity contribution in [2.75, 3.05) is 0 Å². The van der Waals surface area contributed by atoms with Crippen LogP contribution in [0.25, 0.3) is 28.0 Å². The van der Waals surface area contributed by atoms with Crippen LogP contribution >= 0.6 is 23.2 Å². The first-order valence-corrected chi connectivity index (χ1v) is 10.1. The van der Waals surface area contributed by atoms with Gasteiger partial charge in [-0.3, -0.25) is 4.79 Å². The second-order valence-electron chi connectivity index (χ2n) is 7.46. The van der Waals surface area contributed by atoms with E-state index in [9.17, 15) is 9.90 Å². The Bertz CT molecular complexity index is 1340. The molecule has 0 bridgehead atoms. The summed E-state index contributed by atoms with van der Waals surface area (Å²) < 4.78 is 1.71. The summed E-state index contributed by atoms with van der Waals surface area (Å²) in [5.74, 6) is 0.443. The fourth-order valence-corrected chi connectivity index (χ4v) is 3.99. The minimum Gasteiger partial charge on any atom is -0.507 e. The van der Waals surface area contributed by atoms with Gasteiger partial charge in [0.1, 0.15) is 11.4 Å². The third-order valence-corrected chi connectivity index (χ3v) is 5.99. The van der Waals surface area contributed by atoms with E-state index in [4.69, 9.17) is 28.3 Å². The molecular weight excluding hydrogens is 409 g/mol. The summed E-state index contributed by atoms with van der Waals surface area (Å²) in [6.45, 7) is 1.90. The zero-order valence-electron chi connectivity index (χ0n) is 15.5. The number of phenols is 1. The highest BCUT2D eigenvalue weighted by Crippen LogP contribution is 2.46. The fraction of sp³-hybridized carbons (Fsp3) is 0.182. The lowest BCUT2D eigenvalue weighted by atomic mass is 10.0. The molecule has 2 N–H and O–H groups in total. The number of rotatable bonds is 3. The number of nitrogens with one attached hydrogen (secondary N) is 1. The highest BCUT2D eigenvalue weighted by atomic mass is 35.5. The van der Waals surface area contributed by atoms with E-state index in [0.29, 0.717) is 32.9 Å². The first kappa shape index (κ1) is 18.3. The largest absolute Gasteiger partial charge is 0.507 e. The molecule has 0 unspecified atom stereocenters. The zero-order valence-corrected chi connectivity index (χ0v) is 17.1. The molecule has 2 aromatic heterocycles. The van der Waals surface area contributed by atoms with E-state index >= 15 is 0 Å². The SMILES string of the molecule is Cc1ccc(-c2cc(=O)[nH]c3c(-c4ccc(Cl)c(Cl)c4)c(C4CC4)nn23)c(O)c1. The lowest BCUT2D eigenvalue weighted by Gasteiger charge is -2.08. The van der Waals surface area contributed by atoms with Gasteiger partial charge < -0.3 is 10.1 Å². The maximum atomic E-state index is 12.5. The van der Waals surface area contributed by atoms with Crippen molar-refractivity contribution in [1.82, 2.24) is 14.6 Å². The average molecular weight is 426 g/mol. The maximum absolute atomic E-state index is 12.5. The molecule has 0 spiro atoms. The van der Waals surface area contributed by atoms with Crippen LogP contribution in [0.1, 0.15) is 30.0 Å². The number of benzene rings is 2. The van der Waals surface area contributed by atoms with Crippen molar-refractivity contribution in [2.45, 2.75) is 25.7 Å². The van der Waals surface area contributed by atoms with E-state index < -0.39 is 0 Å². The second kappa shape index (κ2) is 6.65. The highest BCUT2D eigenvalue weighted by Gasteiger charge is 2.32. The van der Waals surface area contributed by atoms with Crippen LogP contribution < -0.4 is 5.56 Å². The van der Waals surface area contributed by atoms with Gasteiger partial charge in [-0.2, -0.15) is 5.10 Å². The van der Waals surface area contributed by atoms with Crippen LogP contribution in [-0.4, -0.2) is 19.7 Å². The summed E-state index contributed by atoms with van der Waals surface area (Å²) in [6.07, 6.45) is 2.10. The first-order chi connectivity index (χ1) is 13.9. The number of aryl methyl sites for hydroxylation is 1. The number of nitrogens with zero attached hydrogens (tertiary/aromatic N) is 2. The van der Waals surface area contributed by atoms with Gasteiger partial charge in [-0.1, -0.05) is 35.3 Å². The number of hydrogen-bond donors (Lipinski definition) is 2. The van der Waals surface area contributed by atoms with E-state index in [1.165, 1.54) is 6.07 Å². The number of aromatic amines is 1. The van der Waals surface area contributed by atoms with Crippen molar-refractivity contribution in [2.24, 2.45) is 0 Å². The Hall–Kier alpha value is -2.76.